The van der Waals surface area contributed by atoms with Crippen molar-refractivity contribution in [2.45, 2.75) is 86.2 Å². The molecule has 0 amide bonds. The molecule has 8 N–H and O–H groups in total. The van der Waals surface area contributed by atoms with Crippen molar-refractivity contribution in [2.24, 2.45) is 16.7 Å². The topological polar surface area (TPSA) is 162 Å². The molecule has 0 radical (unpaired) electrons. The Kier molecular flexibility index (Phi) is 47.5. The minimum atomic E-state index is -0.667. The Hall–Kier alpha value is 1.11. The summed E-state index contributed by atoms with van der Waals surface area (Å²) in [4.78, 5) is 0. The van der Waals surface area contributed by atoms with Crippen LogP contribution < -0.4 is 0 Å². The number of rotatable bonds is 13. The normalized spacial score (nSPS) is 11.4. The van der Waals surface area contributed by atoms with Gasteiger partial charge in [0.05, 0.1) is 39.6 Å². The molecule has 8 nitrogen and oxygen atoms in total. The smallest absolute Gasteiger partial charge is 0.0531 e. The van der Waals surface area contributed by atoms with E-state index in [1.165, 1.54) is 19.3 Å². The standard InChI is InChI=1S/C8H18O.2C6H14O3.C3H8O.2Ti/c1-3-5-6-8(4-2)7-9;2*1-2-6(3-7,4-8)5-9;1-3(2)4;;/h8-9H,3-7H2,1-2H3;2*7-9H,2-5H2,1H3;3-4H,1-2H3;;. The molecule has 0 aromatic heterocycles. The third-order valence-electron chi connectivity index (χ3n) is 5.31. The van der Waals surface area contributed by atoms with Gasteiger partial charge in [-0.05, 0) is 39.0 Å². The third kappa shape index (κ3) is 29.2. The van der Waals surface area contributed by atoms with Crippen LogP contribution in [-0.2, 0) is 43.4 Å². The van der Waals surface area contributed by atoms with Gasteiger partial charge < -0.3 is 40.9 Å². The van der Waals surface area contributed by atoms with Crippen LogP contribution in [-0.4, -0.2) is 93.2 Å². The molecule has 0 fully saturated rings. The van der Waals surface area contributed by atoms with Crippen LogP contribution in [0.1, 0.15) is 80.1 Å². The van der Waals surface area contributed by atoms with Crippen LogP contribution in [0.15, 0.2) is 0 Å². The molecule has 0 aliphatic rings. The summed E-state index contributed by atoms with van der Waals surface area (Å²) >= 11 is 0. The second-order valence-electron chi connectivity index (χ2n) is 8.35. The Morgan fingerprint density at radius 3 is 0.970 bits per heavy atom. The van der Waals surface area contributed by atoms with Gasteiger partial charge in [0.15, 0.2) is 0 Å². The molecule has 1 atom stereocenters. The summed E-state index contributed by atoms with van der Waals surface area (Å²) in [5.74, 6) is 0.560. The molecule has 0 aromatic carbocycles. The van der Waals surface area contributed by atoms with Gasteiger partial charge in [0.2, 0.25) is 0 Å². The van der Waals surface area contributed by atoms with E-state index < -0.39 is 10.8 Å². The van der Waals surface area contributed by atoms with Crippen LogP contribution >= 0.6 is 0 Å². The number of unbranched alkanes of at least 4 members (excludes halogenated alkanes) is 1. The second-order valence-corrected chi connectivity index (χ2v) is 8.35. The fourth-order valence-corrected chi connectivity index (χ4v) is 1.89. The molecule has 0 saturated heterocycles. The summed E-state index contributed by atoms with van der Waals surface area (Å²) in [7, 11) is 0. The summed E-state index contributed by atoms with van der Waals surface area (Å²) < 4.78 is 0. The van der Waals surface area contributed by atoms with E-state index in [4.69, 9.17) is 40.9 Å². The van der Waals surface area contributed by atoms with Crippen LogP contribution in [0.3, 0.4) is 0 Å². The molecule has 33 heavy (non-hydrogen) atoms. The second kappa shape index (κ2) is 33.1. The molecule has 0 heterocycles. The zero-order chi connectivity index (χ0) is 25.3. The Morgan fingerprint density at radius 1 is 0.606 bits per heavy atom. The van der Waals surface area contributed by atoms with E-state index in [0.29, 0.717) is 25.4 Å². The quantitative estimate of drug-likeness (QED) is 0.158. The van der Waals surface area contributed by atoms with Gasteiger partial charge in [0.25, 0.3) is 0 Å². The van der Waals surface area contributed by atoms with Crippen LogP contribution in [0.5, 0.6) is 0 Å². The number of aliphatic hydroxyl groups is 8. The monoisotopic (exact) mass is 554 g/mol. The molecule has 0 aliphatic carbocycles. The van der Waals surface area contributed by atoms with Gasteiger partial charge in [-0.25, -0.2) is 0 Å². The van der Waals surface area contributed by atoms with Crippen LogP contribution in [0.2, 0.25) is 0 Å². The van der Waals surface area contributed by atoms with E-state index in [1.807, 2.05) is 13.8 Å². The van der Waals surface area contributed by atoms with Gasteiger partial charge in [-0.2, -0.15) is 0 Å². The van der Waals surface area contributed by atoms with Crippen molar-refractivity contribution in [3.05, 3.63) is 0 Å². The van der Waals surface area contributed by atoms with Gasteiger partial charge in [-0.1, -0.05) is 47.0 Å². The zero-order valence-electron chi connectivity index (χ0n) is 21.9. The van der Waals surface area contributed by atoms with E-state index in [9.17, 15) is 0 Å². The summed E-state index contributed by atoms with van der Waals surface area (Å²) in [6.45, 7) is 10.8. The molecule has 202 valence electrons. The van der Waals surface area contributed by atoms with E-state index in [-0.39, 0.29) is 89.2 Å². The summed E-state index contributed by atoms with van der Waals surface area (Å²) in [6.07, 6.45) is 5.85. The first-order valence-electron chi connectivity index (χ1n) is 11.5. The van der Waals surface area contributed by atoms with Gasteiger partial charge in [-0.3, -0.25) is 0 Å². The Bertz CT molecular complexity index is 268. The van der Waals surface area contributed by atoms with Crippen molar-refractivity contribution >= 4 is 0 Å². The predicted molar refractivity (Wildman–Crippen MR) is 126 cm³/mol. The molecular weight excluding hydrogens is 500 g/mol. The van der Waals surface area contributed by atoms with Gasteiger partial charge in [0.1, 0.15) is 0 Å². The van der Waals surface area contributed by atoms with E-state index in [2.05, 4.69) is 13.8 Å². The Labute approximate surface area is 232 Å². The molecule has 0 aromatic rings. The first kappa shape index (κ1) is 47.3. The maximum absolute atomic E-state index is 8.75. The van der Waals surface area contributed by atoms with Gasteiger partial charge in [-0.15, -0.1) is 0 Å². The maximum atomic E-state index is 8.75. The maximum Gasteiger partial charge on any atom is 0.0531 e. The van der Waals surface area contributed by atoms with Crippen LogP contribution in [0.25, 0.3) is 0 Å². The molecule has 0 bridgehead atoms. The third-order valence-corrected chi connectivity index (χ3v) is 5.31. The number of aliphatic hydroxyl groups excluding tert-OH is 8. The zero-order valence-corrected chi connectivity index (χ0v) is 25.0. The molecule has 0 rings (SSSR count). The fraction of sp³-hybridized carbons (Fsp3) is 1.00. The van der Waals surface area contributed by atoms with Crippen molar-refractivity contribution in [1.82, 2.24) is 0 Å². The fourth-order valence-electron chi connectivity index (χ4n) is 1.89. The Balaban J connectivity index is -0.0000000745. The molecular formula is C23H54O8Ti2. The van der Waals surface area contributed by atoms with E-state index in [0.717, 1.165) is 6.42 Å². The van der Waals surface area contributed by atoms with E-state index >= 15 is 0 Å². The molecule has 0 spiro atoms. The Morgan fingerprint density at radius 2 is 0.879 bits per heavy atom. The molecule has 0 saturated carbocycles. The largest absolute Gasteiger partial charge is 0.396 e. The predicted octanol–water partition coefficient (Wildman–Crippen LogP) is 1.30. The average molecular weight is 554 g/mol. The first-order chi connectivity index (χ1) is 14.6. The van der Waals surface area contributed by atoms with Crippen LogP contribution in [0, 0.1) is 16.7 Å². The minimum Gasteiger partial charge on any atom is -0.396 e. The van der Waals surface area contributed by atoms with Crippen molar-refractivity contribution in [2.75, 3.05) is 46.2 Å². The molecule has 1 unspecified atom stereocenters. The van der Waals surface area contributed by atoms with E-state index in [1.54, 1.807) is 13.8 Å². The molecule has 0 aliphatic heterocycles. The first-order valence-corrected chi connectivity index (χ1v) is 11.5. The number of hydrogen-bond acceptors (Lipinski definition) is 8. The summed E-state index contributed by atoms with van der Waals surface area (Å²) in [5.41, 5.74) is -1.33. The summed E-state index contributed by atoms with van der Waals surface area (Å²) in [6, 6.07) is 0. The number of hydrogen-bond donors (Lipinski definition) is 8. The van der Waals surface area contributed by atoms with Gasteiger partial charge in [0, 0.05) is 67.0 Å². The summed E-state index contributed by atoms with van der Waals surface area (Å²) in [5, 5.41) is 68.7. The van der Waals surface area contributed by atoms with Crippen molar-refractivity contribution < 1.29 is 84.3 Å². The van der Waals surface area contributed by atoms with Crippen molar-refractivity contribution in [3.8, 4) is 0 Å². The van der Waals surface area contributed by atoms with Crippen molar-refractivity contribution in [1.29, 1.82) is 0 Å². The SMILES string of the molecule is CC(C)O.CCC(CO)(CO)CO.CCC(CO)(CO)CO.CCCCC(CC)CO.[Ti].[Ti]. The van der Waals surface area contributed by atoms with Crippen molar-refractivity contribution in [3.63, 3.8) is 0 Å². The van der Waals surface area contributed by atoms with Gasteiger partial charge >= 0.3 is 0 Å². The molecule has 10 heteroatoms. The average Bonchev–Trinajstić information content (AvgIpc) is 2.79. The van der Waals surface area contributed by atoms with Crippen LogP contribution in [0.4, 0.5) is 0 Å². The minimum absolute atomic E-state index is 0.